The Morgan fingerprint density at radius 1 is 1.46 bits per heavy atom. The molecule has 2 N–H and O–H groups in total. The number of aliphatic imine (C=N–C) groups is 1. The number of nitrogens with one attached hydrogen (secondary N) is 1. The molecule has 24 heavy (non-hydrogen) atoms. The van der Waals surface area contributed by atoms with Crippen molar-refractivity contribution in [3.8, 4) is 5.88 Å². The maximum absolute atomic E-state index is 11.9. The zero-order chi connectivity index (χ0) is 17.7. The van der Waals surface area contributed by atoms with Crippen LogP contribution in [0.25, 0.3) is 0 Å². The Labute approximate surface area is 142 Å². The second-order valence-corrected chi connectivity index (χ2v) is 5.08. The van der Waals surface area contributed by atoms with Gasteiger partial charge in [-0.15, -0.1) is 6.58 Å². The van der Waals surface area contributed by atoms with Crippen molar-refractivity contribution in [3.63, 3.8) is 0 Å². The summed E-state index contributed by atoms with van der Waals surface area (Å²) in [6, 6.07) is 6.28. The molecule has 2 rings (SSSR count). The second-order valence-electron chi connectivity index (χ2n) is 4.69. The summed E-state index contributed by atoms with van der Waals surface area (Å²) in [5, 5.41) is 10.2. The quantitative estimate of drug-likeness (QED) is 0.375. The average molecular weight is 345 g/mol. The van der Waals surface area contributed by atoms with Crippen molar-refractivity contribution in [2.45, 2.75) is 6.54 Å². The maximum atomic E-state index is 11.9. The van der Waals surface area contributed by atoms with Crippen molar-refractivity contribution >= 4 is 30.1 Å². The number of nitrogens with zero attached hydrogens (tertiary/aromatic N) is 2. The van der Waals surface area contributed by atoms with Crippen LogP contribution in [0.2, 0.25) is 0 Å². The lowest BCUT2D eigenvalue weighted by Crippen LogP contribution is -2.18. The summed E-state index contributed by atoms with van der Waals surface area (Å²) in [6.45, 7) is 3.82. The van der Waals surface area contributed by atoms with E-state index in [1.165, 1.54) is 17.9 Å². The van der Waals surface area contributed by atoms with E-state index in [9.17, 15) is 14.7 Å². The Hall–Kier alpha value is -3.00. The van der Waals surface area contributed by atoms with E-state index in [2.05, 4.69) is 21.3 Å². The Bertz CT molecular complexity index is 910. The van der Waals surface area contributed by atoms with Crippen LogP contribution in [0.3, 0.4) is 0 Å². The third-order valence-corrected chi connectivity index (χ3v) is 3.47. The van der Waals surface area contributed by atoms with Crippen LogP contribution < -0.4 is 5.56 Å². The number of carbonyl (C=O) groups is 1. The summed E-state index contributed by atoms with van der Waals surface area (Å²) in [4.78, 5) is 29.9. The van der Waals surface area contributed by atoms with Crippen molar-refractivity contribution in [1.29, 1.82) is 0 Å². The van der Waals surface area contributed by atoms with Crippen molar-refractivity contribution in [1.82, 2.24) is 9.55 Å². The van der Waals surface area contributed by atoms with Crippen molar-refractivity contribution < 1.29 is 14.6 Å². The van der Waals surface area contributed by atoms with Gasteiger partial charge in [0.05, 0.1) is 18.4 Å². The molecule has 1 aromatic carbocycles. The number of allylic oxidation sites excluding steroid dienone is 1. The van der Waals surface area contributed by atoms with Gasteiger partial charge in [-0.2, -0.15) is 0 Å². The van der Waals surface area contributed by atoms with Crippen molar-refractivity contribution in [2.75, 3.05) is 7.11 Å². The number of H-pyrrole nitrogens is 1. The molecule has 1 aromatic heterocycles. The molecule has 0 bridgehead atoms. The van der Waals surface area contributed by atoms with E-state index in [1.807, 2.05) is 0 Å². The molecular weight excluding hydrogens is 330 g/mol. The molecule has 2 aromatic rings. The molecular formula is C16H15N3O4S. The summed E-state index contributed by atoms with van der Waals surface area (Å²) in [5.41, 5.74) is 0.311. The fraction of sp³-hybridized carbons (Fsp3) is 0.125. The van der Waals surface area contributed by atoms with Crippen LogP contribution in [0.5, 0.6) is 5.88 Å². The van der Waals surface area contributed by atoms with E-state index in [0.717, 1.165) is 0 Å². The number of carbonyl (C=O) groups excluding carboxylic acids is 1. The fourth-order valence-corrected chi connectivity index (χ4v) is 2.18. The van der Waals surface area contributed by atoms with Crippen LogP contribution in [-0.2, 0) is 11.3 Å². The average Bonchev–Trinajstić information content (AvgIpc) is 2.58. The topological polar surface area (TPSA) is 96.7 Å². The van der Waals surface area contributed by atoms with E-state index < -0.39 is 11.5 Å². The van der Waals surface area contributed by atoms with Gasteiger partial charge in [-0.3, -0.25) is 19.3 Å². The Morgan fingerprint density at radius 3 is 2.71 bits per heavy atom. The molecule has 0 saturated carbocycles. The smallest absolute Gasteiger partial charge is 0.337 e. The minimum atomic E-state index is -0.548. The maximum Gasteiger partial charge on any atom is 0.337 e. The van der Waals surface area contributed by atoms with Crippen LogP contribution in [0.15, 0.2) is 46.7 Å². The van der Waals surface area contributed by atoms with E-state index >= 15 is 0 Å². The molecule has 0 saturated heterocycles. The Kier molecular flexibility index (Phi) is 5.43. The number of aromatic hydroxyl groups is 1. The Balaban J connectivity index is 2.37. The molecule has 0 atom stereocenters. The first-order valence-electron chi connectivity index (χ1n) is 6.87. The van der Waals surface area contributed by atoms with Gasteiger partial charge in [0, 0.05) is 12.8 Å². The zero-order valence-electron chi connectivity index (χ0n) is 12.9. The van der Waals surface area contributed by atoms with Gasteiger partial charge in [0.25, 0.3) is 5.56 Å². The highest BCUT2D eigenvalue weighted by atomic mass is 32.1. The van der Waals surface area contributed by atoms with Gasteiger partial charge in [-0.1, -0.05) is 6.08 Å². The minimum Gasteiger partial charge on any atom is -0.494 e. The first-order chi connectivity index (χ1) is 11.5. The molecule has 8 heteroatoms. The highest BCUT2D eigenvalue weighted by Crippen LogP contribution is 2.16. The molecule has 0 aliphatic carbocycles. The number of esters is 1. The fourth-order valence-electron chi connectivity index (χ4n) is 1.93. The summed E-state index contributed by atoms with van der Waals surface area (Å²) in [6.07, 6.45) is 2.77. The number of hydrogen-bond donors (Lipinski definition) is 2. The van der Waals surface area contributed by atoms with Crippen LogP contribution in [0, 0.1) is 4.77 Å². The highest BCUT2D eigenvalue weighted by molar-refractivity contribution is 7.71. The monoisotopic (exact) mass is 345 g/mol. The molecule has 124 valence electrons. The van der Waals surface area contributed by atoms with Gasteiger partial charge in [-0.25, -0.2) is 4.79 Å². The summed E-state index contributed by atoms with van der Waals surface area (Å²) >= 11 is 4.99. The molecule has 0 amide bonds. The molecule has 0 spiro atoms. The van der Waals surface area contributed by atoms with Crippen LogP contribution in [0.4, 0.5) is 5.69 Å². The van der Waals surface area contributed by atoms with Gasteiger partial charge in [0.1, 0.15) is 5.56 Å². The molecule has 0 radical (unpaired) electrons. The zero-order valence-corrected chi connectivity index (χ0v) is 13.7. The molecule has 0 unspecified atom stereocenters. The Morgan fingerprint density at radius 2 is 2.12 bits per heavy atom. The summed E-state index contributed by atoms with van der Waals surface area (Å²) in [7, 11) is 1.30. The number of hydrogen-bond acceptors (Lipinski definition) is 6. The number of methoxy groups -OCH3 is 1. The summed E-state index contributed by atoms with van der Waals surface area (Å²) in [5.74, 6) is -0.746. The van der Waals surface area contributed by atoms with Crippen LogP contribution in [-0.4, -0.2) is 34.0 Å². The van der Waals surface area contributed by atoms with Crippen LogP contribution >= 0.6 is 12.2 Å². The molecule has 7 nitrogen and oxygen atoms in total. The lowest BCUT2D eigenvalue weighted by Gasteiger charge is -2.08. The van der Waals surface area contributed by atoms with E-state index in [1.54, 1.807) is 30.3 Å². The standard InChI is InChI=1S/C16H15N3O4S/c1-3-8-19-14(21)12(13(20)18-16(19)24)9-17-11-6-4-10(5-7-11)15(22)23-2/h3-7,9,21H,1,8H2,2H3,(H,18,20,24). The lowest BCUT2D eigenvalue weighted by molar-refractivity contribution is 0.0601. The summed E-state index contributed by atoms with van der Waals surface area (Å²) < 4.78 is 6.03. The van der Waals surface area contributed by atoms with Crippen molar-refractivity contribution in [2.24, 2.45) is 4.99 Å². The predicted octanol–water partition coefficient (Wildman–Crippen LogP) is 2.33. The first-order valence-corrected chi connectivity index (χ1v) is 7.28. The number of aromatic amines is 1. The number of benzene rings is 1. The van der Waals surface area contributed by atoms with E-state index in [4.69, 9.17) is 12.2 Å². The largest absolute Gasteiger partial charge is 0.494 e. The third-order valence-electron chi connectivity index (χ3n) is 3.15. The van der Waals surface area contributed by atoms with Gasteiger partial charge in [0.15, 0.2) is 4.77 Å². The second kappa shape index (κ2) is 7.51. The highest BCUT2D eigenvalue weighted by Gasteiger charge is 2.10. The van der Waals surface area contributed by atoms with Gasteiger partial charge >= 0.3 is 5.97 Å². The molecule has 1 heterocycles. The molecule has 0 aliphatic heterocycles. The van der Waals surface area contributed by atoms with Gasteiger partial charge in [0.2, 0.25) is 5.88 Å². The van der Waals surface area contributed by atoms with Gasteiger partial charge in [-0.05, 0) is 36.5 Å². The van der Waals surface area contributed by atoms with Crippen LogP contribution in [0.1, 0.15) is 15.9 Å². The number of rotatable bonds is 5. The number of ether oxygens (including phenoxy) is 1. The third kappa shape index (κ3) is 3.66. The first kappa shape index (κ1) is 17.4. The lowest BCUT2D eigenvalue weighted by atomic mass is 10.2. The van der Waals surface area contributed by atoms with Crippen molar-refractivity contribution in [3.05, 3.63) is 63.2 Å². The SMILES string of the molecule is C=CCn1c(O)c(C=Nc2ccc(C(=O)OC)cc2)c(=O)[nH]c1=S. The van der Waals surface area contributed by atoms with E-state index in [0.29, 0.717) is 11.3 Å². The van der Waals surface area contributed by atoms with Gasteiger partial charge < -0.3 is 9.84 Å². The minimum absolute atomic E-state index is 0.0255. The predicted molar refractivity (Wildman–Crippen MR) is 92.8 cm³/mol. The molecule has 0 fully saturated rings. The van der Waals surface area contributed by atoms with E-state index in [-0.39, 0.29) is 22.8 Å². The number of aromatic nitrogens is 2. The molecule has 0 aliphatic rings. The normalized spacial score (nSPS) is 10.7.